The van der Waals surface area contributed by atoms with E-state index in [0.717, 1.165) is 17.8 Å². The predicted octanol–water partition coefficient (Wildman–Crippen LogP) is 2.91. The SMILES string of the molecule is CNC(c1ccc(C(F)(F)F)cc1)c1c(Br)nnn1C. The van der Waals surface area contributed by atoms with E-state index in [9.17, 15) is 13.2 Å². The number of hydrogen-bond acceptors (Lipinski definition) is 3. The van der Waals surface area contributed by atoms with Crippen LogP contribution in [-0.4, -0.2) is 22.0 Å². The Morgan fingerprint density at radius 3 is 2.25 bits per heavy atom. The Hall–Kier alpha value is -1.41. The third kappa shape index (κ3) is 2.85. The van der Waals surface area contributed by atoms with E-state index in [1.165, 1.54) is 12.1 Å². The Morgan fingerprint density at radius 1 is 1.25 bits per heavy atom. The first-order chi connectivity index (χ1) is 9.34. The Labute approximate surface area is 122 Å². The van der Waals surface area contributed by atoms with Crippen LogP contribution < -0.4 is 5.32 Å². The van der Waals surface area contributed by atoms with Gasteiger partial charge in [-0.1, -0.05) is 17.3 Å². The van der Waals surface area contributed by atoms with Crippen molar-refractivity contribution >= 4 is 15.9 Å². The summed E-state index contributed by atoms with van der Waals surface area (Å²) < 4.78 is 39.8. The molecule has 0 spiro atoms. The van der Waals surface area contributed by atoms with Gasteiger partial charge in [0.1, 0.15) is 0 Å². The fourth-order valence-electron chi connectivity index (χ4n) is 1.97. The lowest BCUT2D eigenvalue weighted by molar-refractivity contribution is -0.137. The molecule has 1 heterocycles. The molecule has 2 aromatic rings. The van der Waals surface area contributed by atoms with Gasteiger partial charge in [-0.2, -0.15) is 13.2 Å². The number of hydrogen-bond donors (Lipinski definition) is 1. The van der Waals surface area contributed by atoms with Gasteiger partial charge in [-0.15, -0.1) is 5.10 Å². The summed E-state index contributed by atoms with van der Waals surface area (Å²) in [6.07, 6.45) is -4.33. The topological polar surface area (TPSA) is 42.7 Å². The van der Waals surface area contributed by atoms with Crippen molar-refractivity contribution < 1.29 is 13.2 Å². The largest absolute Gasteiger partial charge is 0.416 e. The van der Waals surface area contributed by atoms with Crippen molar-refractivity contribution in [1.82, 2.24) is 20.3 Å². The van der Waals surface area contributed by atoms with Crippen molar-refractivity contribution in [2.75, 3.05) is 7.05 Å². The molecule has 2 rings (SSSR count). The molecular formula is C12H12BrF3N4. The Morgan fingerprint density at radius 2 is 1.85 bits per heavy atom. The molecule has 0 aliphatic heterocycles. The fraction of sp³-hybridized carbons (Fsp3) is 0.333. The maximum absolute atomic E-state index is 12.6. The molecule has 108 valence electrons. The second kappa shape index (κ2) is 5.53. The van der Waals surface area contributed by atoms with E-state index in [-0.39, 0.29) is 6.04 Å². The van der Waals surface area contributed by atoms with Crippen LogP contribution in [0.2, 0.25) is 0 Å². The molecule has 0 bridgehead atoms. The van der Waals surface area contributed by atoms with E-state index >= 15 is 0 Å². The van der Waals surface area contributed by atoms with Gasteiger partial charge in [0.25, 0.3) is 0 Å². The average molecular weight is 349 g/mol. The van der Waals surface area contributed by atoms with E-state index in [0.29, 0.717) is 10.2 Å². The van der Waals surface area contributed by atoms with Gasteiger partial charge in [-0.25, -0.2) is 4.68 Å². The molecule has 0 saturated heterocycles. The summed E-state index contributed by atoms with van der Waals surface area (Å²) in [6, 6.07) is 4.73. The quantitative estimate of drug-likeness (QED) is 0.927. The summed E-state index contributed by atoms with van der Waals surface area (Å²) in [4.78, 5) is 0. The van der Waals surface area contributed by atoms with Crippen LogP contribution in [0.25, 0.3) is 0 Å². The maximum atomic E-state index is 12.6. The lowest BCUT2D eigenvalue weighted by Crippen LogP contribution is -2.21. The number of nitrogens with zero attached hydrogens (tertiary/aromatic N) is 3. The number of alkyl halides is 3. The minimum atomic E-state index is -4.33. The highest BCUT2D eigenvalue weighted by Crippen LogP contribution is 2.31. The molecule has 20 heavy (non-hydrogen) atoms. The van der Waals surface area contributed by atoms with Crippen molar-refractivity contribution in [3.05, 3.63) is 45.7 Å². The van der Waals surface area contributed by atoms with Gasteiger partial charge >= 0.3 is 6.18 Å². The van der Waals surface area contributed by atoms with Gasteiger partial charge in [0.2, 0.25) is 0 Å². The van der Waals surface area contributed by atoms with Crippen molar-refractivity contribution in [2.45, 2.75) is 12.2 Å². The van der Waals surface area contributed by atoms with Gasteiger partial charge in [-0.3, -0.25) is 0 Å². The zero-order valence-corrected chi connectivity index (χ0v) is 12.3. The summed E-state index contributed by atoms with van der Waals surface area (Å²) in [5.41, 5.74) is 0.775. The highest BCUT2D eigenvalue weighted by atomic mass is 79.9. The molecule has 4 nitrogen and oxygen atoms in total. The standard InChI is InChI=1S/C12H12BrF3N4/c1-17-9(10-11(13)18-19-20(10)2)7-3-5-8(6-4-7)12(14,15)16/h3-6,9,17H,1-2H3. The van der Waals surface area contributed by atoms with Crippen LogP contribution >= 0.6 is 15.9 Å². The lowest BCUT2D eigenvalue weighted by atomic mass is 10.0. The van der Waals surface area contributed by atoms with Crippen LogP contribution in [0.3, 0.4) is 0 Å². The van der Waals surface area contributed by atoms with Crippen LogP contribution in [0.1, 0.15) is 22.9 Å². The average Bonchev–Trinajstić information content (AvgIpc) is 2.71. The van der Waals surface area contributed by atoms with Crippen molar-refractivity contribution in [3.63, 3.8) is 0 Å². The Bertz CT molecular complexity index is 572. The summed E-state index contributed by atoms with van der Waals surface area (Å²) in [5, 5.41) is 10.8. The van der Waals surface area contributed by atoms with E-state index in [4.69, 9.17) is 0 Å². The molecule has 1 unspecified atom stereocenters. The molecule has 1 atom stereocenters. The number of rotatable bonds is 3. The van der Waals surface area contributed by atoms with Crippen molar-refractivity contribution in [2.24, 2.45) is 7.05 Å². The van der Waals surface area contributed by atoms with E-state index in [2.05, 4.69) is 31.6 Å². The highest BCUT2D eigenvalue weighted by Gasteiger charge is 2.30. The number of aryl methyl sites for hydroxylation is 1. The Balaban J connectivity index is 2.38. The maximum Gasteiger partial charge on any atom is 0.416 e. The van der Waals surface area contributed by atoms with E-state index in [1.807, 2.05) is 0 Å². The first kappa shape index (κ1) is 15.0. The molecule has 0 fully saturated rings. The molecule has 0 amide bonds. The molecule has 0 saturated carbocycles. The third-order valence-electron chi connectivity index (χ3n) is 2.96. The predicted molar refractivity (Wildman–Crippen MR) is 71.0 cm³/mol. The summed E-state index contributed by atoms with van der Waals surface area (Å²) >= 11 is 3.29. The van der Waals surface area contributed by atoms with Crippen LogP contribution in [0.5, 0.6) is 0 Å². The summed E-state index contributed by atoms with van der Waals surface area (Å²) in [5.74, 6) is 0. The van der Waals surface area contributed by atoms with Crippen molar-refractivity contribution in [1.29, 1.82) is 0 Å². The van der Waals surface area contributed by atoms with E-state index < -0.39 is 11.7 Å². The third-order valence-corrected chi connectivity index (χ3v) is 3.52. The number of benzene rings is 1. The highest BCUT2D eigenvalue weighted by molar-refractivity contribution is 9.10. The Kier molecular flexibility index (Phi) is 4.14. The van der Waals surface area contributed by atoms with Gasteiger partial charge in [-0.05, 0) is 40.7 Å². The zero-order valence-electron chi connectivity index (χ0n) is 10.7. The molecular weight excluding hydrogens is 337 g/mol. The summed E-state index contributed by atoms with van der Waals surface area (Å²) in [7, 11) is 3.45. The minimum absolute atomic E-state index is 0.299. The molecule has 0 aliphatic rings. The van der Waals surface area contributed by atoms with Gasteiger partial charge in [0.05, 0.1) is 17.3 Å². The molecule has 0 radical (unpaired) electrons. The van der Waals surface area contributed by atoms with Crippen LogP contribution in [0.4, 0.5) is 13.2 Å². The second-order valence-electron chi connectivity index (χ2n) is 4.23. The fourth-order valence-corrected chi connectivity index (χ4v) is 2.53. The lowest BCUT2D eigenvalue weighted by Gasteiger charge is -2.17. The molecule has 8 heteroatoms. The zero-order chi connectivity index (χ0) is 14.9. The minimum Gasteiger partial charge on any atom is -0.308 e. The van der Waals surface area contributed by atoms with E-state index in [1.54, 1.807) is 18.8 Å². The van der Waals surface area contributed by atoms with Crippen LogP contribution in [0, 0.1) is 0 Å². The molecule has 1 aromatic carbocycles. The van der Waals surface area contributed by atoms with Gasteiger partial charge in [0.15, 0.2) is 4.60 Å². The number of nitrogens with one attached hydrogen (secondary N) is 1. The van der Waals surface area contributed by atoms with Gasteiger partial charge in [0, 0.05) is 7.05 Å². The molecule has 0 aliphatic carbocycles. The normalized spacial score (nSPS) is 13.5. The molecule has 1 aromatic heterocycles. The first-order valence-corrected chi connectivity index (χ1v) is 6.53. The van der Waals surface area contributed by atoms with Crippen LogP contribution in [0.15, 0.2) is 28.9 Å². The molecule has 1 N–H and O–H groups in total. The smallest absolute Gasteiger partial charge is 0.308 e. The van der Waals surface area contributed by atoms with Crippen molar-refractivity contribution in [3.8, 4) is 0 Å². The second-order valence-corrected chi connectivity index (χ2v) is 4.98. The first-order valence-electron chi connectivity index (χ1n) is 5.74. The van der Waals surface area contributed by atoms with Gasteiger partial charge < -0.3 is 5.32 Å². The number of aromatic nitrogens is 3. The monoisotopic (exact) mass is 348 g/mol. The van der Waals surface area contributed by atoms with Crippen LogP contribution in [-0.2, 0) is 13.2 Å². The summed E-state index contributed by atoms with van der Waals surface area (Å²) in [6.45, 7) is 0. The number of halogens is 4.